The van der Waals surface area contributed by atoms with Gasteiger partial charge in [0.1, 0.15) is 11.6 Å². The molecule has 2 rings (SSSR count). The zero-order valence-electron chi connectivity index (χ0n) is 11.9. The highest BCUT2D eigenvalue weighted by molar-refractivity contribution is 5.35. The summed E-state index contributed by atoms with van der Waals surface area (Å²) < 4.78 is 13.0. The smallest absolute Gasteiger partial charge is 0.126 e. The van der Waals surface area contributed by atoms with Crippen molar-refractivity contribution < 1.29 is 9.50 Å². The number of likely N-dealkylation sites (tertiary alicyclic amines) is 1. The van der Waals surface area contributed by atoms with E-state index in [2.05, 4.69) is 30.8 Å². The van der Waals surface area contributed by atoms with Crippen LogP contribution in [0.15, 0.2) is 18.2 Å². The summed E-state index contributed by atoms with van der Waals surface area (Å²) in [5.41, 5.74) is 0.806. The molecule has 0 radical (unpaired) electrons. The highest BCUT2D eigenvalue weighted by Crippen LogP contribution is 2.31. The zero-order chi connectivity index (χ0) is 14.0. The predicted octanol–water partition coefficient (Wildman–Crippen LogP) is 2.62. The normalized spacial score (nSPS) is 22.7. The number of phenols is 1. The Labute approximate surface area is 114 Å². The molecule has 1 aromatic rings. The number of likely N-dealkylation sites (N-methyl/N-ethyl adjacent to an activating group) is 1. The first-order valence-electron chi connectivity index (χ1n) is 6.88. The highest BCUT2D eigenvalue weighted by atomic mass is 19.1. The van der Waals surface area contributed by atoms with Crippen LogP contribution < -0.4 is 0 Å². The summed E-state index contributed by atoms with van der Waals surface area (Å²) in [5.74, 6) is -0.335. The lowest BCUT2D eigenvalue weighted by Gasteiger charge is -2.39. The third kappa shape index (κ3) is 3.25. The molecule has 1 aliphatic heterocycles. The number of hydrogen-bond donors (Lipinski definition) is 1. The quantitative estimate of drug-likeness (QED) is 0.911. The van der Waals surface area contributed by atoms with Crippen molar-refractivity contribution in [2.45, 2.75) is 31.8 Å². The van der Waals surface area contributed by atoms with Crippen molar-refractivity contribution >= 4 is 0 Å². The minimum absolute atomic E-state index is 0.0551. The summed E-state index contributed by atoms with van der Waals surface area (Å²) in [5, 5.41) is 9.89. The van der Waals surface area contributed by atoms with E-state index in [0.29, 0.717) is 6.04 Å². The monoisotopic (exact) mass is 266 g/mol. The third-order valence-corrected chi connectivity index (χ3v) is 4.15. The van der Waals surface area contributed by atoms with Crippen LogP contribution in [0, 0.1) is 5.82 Å². The first-order valence-corrected chi connectivity index (χ1v) is 6.88. The van der Waals surface area contributed by atoms with E-state index in [1.165, 1.54) is 18.6 Å². The van der Waals surface area contributed by atoms with Crippen LogP contribution >= 0.6 is 0 Å². The van der Waals surface area contributed by atoms with Crippen LogP contribution in [0.25, 0.3) is 0 Å². The molecule has 1 N–H and O–H groups in total. The Kier molecular flexibility index (Phi) is 4.42. The first-order chi connectivity index (χ1) is 8.99. The molecule has 0 amide bonds. The number of piperidine rings is 1. The molecule has 4 heteroatoms. The van der Waals surface area contributed by atoms with Crippen LogP contribution in [-0.2, 0) is 0 Å². The van der Waals surface area contributed by atoms with E-state index in [4.69, 9.17) is 0 Å². The number of rotatable bonds is 3. The van der Waals surface area contributed by atoms with Gasteiger partial charge in [-0.05, 0) is 46.5 Å². The van der Waals surface area contributed by atoms with E-state index in [0.717, 1.165) is 25.1 Å². The number of nitrogens with zero attached hydrogens (tertiary/aromatic N) is 2. The van der Waals surface area contributed by atoms with Crippen molar-refractivity contribution in [1.82, 2.24) is 9.80 Å². The molecule has 0 aromatic heterocycles. The number of halogens is 1. The molecule has 0 saturated carbocycles. The Bertz CT molecular complexity index is 436. The van der Waals surface area contributed by atoms with Gasteiger partial charge in [0.2, 0.25) is 0 Å². The molecule has 0 spiro atoms. The average molecular weight is 266 g/mol. The van der Waals surface area contributed by atoms with Gasteiger partial charge in [-0.1, -0.05) is 6.07 Å². The number of hydrogen-bond acceptors (Lipinski definition) is 3. The Balaban J connectivity index is 2.12. The largest absolute Gasteiger partial charge is 0.508 e. The van der Waals surface area contributed by atoms with Crippen LogP contribution in [-0.4, -0.2) is 48.1 Å². The maximum Gasteiger partial charge on any atom is 0.126 e. The van der Waals surface area contributed by atoms with Gasteiger partial charge in [-0.2, -0.15) is 0 Å². The van der Waals surface area contributed by atoms with Gasteiger partial charge in [-0.3, -0.25) is 4.90 Å². The van der Waals surface area contributed by atoms with Crippen LogP contribution in [0.1, 0.15) is 31.4 Å². The van der Waals surface area contributed by atoms with Gasteiger partial charge in [-0.25, -0.2) is 4.39 Å². The molecule has 1 heterocycles. The SMILES string of the molecule is CC(c1ccc(F)cc1O)N1CCCC(N(C)C)C1. The average Bonchev–Trinajstić information content (AvgIpc) is 2.38. The maximum atomic E-state index is 13.0. The molecule has 3 nitrogen and oxygen atoms in total. The van der Waals surface area contributed by atoms with E-state index in [1.54, 1.807) is 6.07 Å². The van der Waals surface area contributed by atoms with Gasteiger partial charge in [0.25, 0.3) is 0 Å². The molecular weight excluding hydrogens is 243 g/mol. The Hall–Kier alpha value is -1.13. The molecule has 1 aromatic carbocycles. The van der Waals surface area contributed by atoms with Crippen molar-refractivity contribution in [2.75, 3.05) is 27.2 Å². The zero-order valence-corrected chi connectivity index (χ0v) is 11.9. The second-order valence-electron chi connectivity index (χ2n) is 5.63. The number of benzene rings is 1. The van der Waals surface area contributed by atoms with Crippen molar-refractivity contribution in [3.63, 3.8) is 0 Å². The van der Waals surface area contributed by atoms with E-state index in [1.807, 2.05) is 0 Å². The van der Waals surface area contributed by atoms with E-state index in [-0.39, 0.29) is 11.8 Å². The number of aromatic hydroxyl groups is 1. The summed E-state index contributed by atoms with van der Waals surface area (Å²) in [6.07, 6.45) is 2.38. The van der Waals surface area contributed by atoms with Crippen LogP contribution in [0.2, 0.25) is 0 Å². The lowest BCUT2D eigenvalue weighted by atomic mass is 9.99. The summed E-state index contributed by atoms with van der Waals surface area (Å²) in [6.45, 7) is 4.10. The molecule has 19 heavy (non-hydrogen) atoms. The van der Waals surface area contributed by atoms with Gasteiger partial charge in [0.05, 0.1) is 0 Å². The number of phenolic OH excluding ortho intramolecular Hbond substituents is 1. The van der Waals surface area contributed by atoms with Gasteiger partial charge in [0.15, 0.2) is 0 Å². The van der Waals surface area contributed by atoms with Crippen molar-refractivity contribution in [3.8, 4) is 5.75 Å². The molecule has 1 saturated heterocycles. The second kappa shape index (κ2) is 5.88. The van der Waals surface area contributed by atoms with E-state index < -0.39 is 5.82 Å². The van der Waals surface area contributed by atoms with E-state index in [9.17, 15) is 9.50 Å². The van der Waals surface area contributed by atoms with Gasteiger partial charge >= 0.3 is 0 Å². The molecular formula is C15H23FN2O. The lowest BCUT2D eigenvalue weighted by Crippen LogP contribution is -2.45. The Morgan fingerprint density at radius 3 is 2.79 bits per heavy atom. The fourth-order valence-corrected chi connectivity index (χ4v) is 2.82. The topological polar surface area (TPSA) is 26.7 Å². The molecule has 0 aliphatic carbocycles. The Morgan fingerprint density at radius 1 is 1.42 bits per heavy atom. The van der Waals surface area contributed by atoms with Crippen LogP contribution in [0.5, 0.6) is 5.75 Å². The van der Waals surface area contributed by atoms with Crippen molar-refractivity contribution in [1.29, 1.82) is 0 Å². The summed E-state index contributed by atoms with van der Waals surface area (Å²) >= 11 is 0. The summed E-state index contributed by atoms with van der Waals surface area (Å²) in [7, 11) is 4.21. The fraction of sp³-hybridized carbons (Fsp3) is 0.600. The van der Waals surface area contributed by atoms with Crippen LogP contribution in [0.4, 0.5) is 4.39 Å². The molecule has 106 valence electrons. The fourth-order valence-electron chi connectivity index (χ4n) is 2.82. The minimum Gasteiger partial charge on any atom is -0.508 e. The predicted molar refractivity (Wildman–Crippen MR) is 74.8 cm³/mol. The molecule has 1 fully saturated rings. The standard InChI is InChI=1S/C15H23FN2O/c1-11(14-7-6-12(16)9-15(14)19)18-8-4-5-13(10-18)17(2)3/h6-7,9,11,13,19H,4-5,8,10H2,1-3H3. The van der Waals surface area contributed by atoms with Crippen LogP contribution in [0.3, 0.4) is 0 Å². The first kappa shape index (κ1) is 14.3. The Morgan fingerprint density at radius 2 is 2.16 bits per heavy atom. The summed E-state index contributed by atoms with van der Waals surface area (Å²) in [4.78, 5) is 4.62. The molecule has 2 unspecified atom stereocenters. The molecule has 2 atom stereocenters. The highest BCUT2D eigenvalue weighted by Gasteiger charge is 2.26. The second-order valence-corrected chi connectivity index (χ2v) is 5.63. The summed E-state index contributed by atoms with van der Waals surface area (Å²) in [6, 6.07) is 4.97. The van der Waals surface area contributed by atoms with Crippen molar-refractivity contribution in [3.05, 3.63) is 29.6 Å². The van der Waals surface area contributed by atoms with E-state index >= 15 is 0 Å². The third-order valence-electron chi connectivity index (χ3n) is 4.15. The van der Waals surface area contributed by atoms with Gasteiger partial charge in [-0.15, -0.1) is 0 Å². The molecule has 0 bridgehead atoms. The lowest BCUT2D eigenvalue weighted by molar-refractivity contribution is 0.101. The van der Waals surface area contributed by atoms with Gasteiger partial charge < -0.3 is 10.0 Å². The van der Waals surface area contributed by atoms with Crippen molar-refractivity contribution in [2.24, 2.45) is 0 Å². The minimum atomic E-state index is -0.390. The molecule has 1 aliphatic rings. The maximum absolute atomic E-state index is 13.0. The van der Waals surface area contributed by atoms with Gasteiger partial charge in [0, 0.05) is 30.3 Å².